The number of benzene rings is 1. The lowest BCUT2D eigenvalue weighted by molar-refractivity contribution is -0.123. The van der Waals surface area contributed by atoms with E-state index < -0.39 is 6.04 Å². The standard InChI is InChI=1S/C14H21N3O/c1-10(13(18)17-14(2,3)4)16-12(15)11-8-6-5-7-9-11/h5-10H,1-4H3,(H2,15,16)(H,17,18). The molecule has 1 atom stereocenters. The minimum Gasteiger partial charge on any atom is -0.383 e. The third-order valence-electron chi connectivity index (χ3n) is 2.28. The predicted molar refractivity (Wildman–Crippen MR) is 74.5 cm³/mol. The van der Waals surface area contributed by atoms with Crippen molar-refractivity contribution in [3.63, 3.8) is 0 Å². The molecule has 0 radical (unpaired) electrons. The molecule has 1 unspecified atom stereocenters. The fourth-order valence-electron chi connectivity index (χ4n) is 1.42. The van der Waals surface area contributed by atoms with Crippen LogP contribution >= 0.6 is 0 Å². The normalized spacial score (nSPS) is 14.1. The molecule has 3 N–H and O–H groups in total. The SMILES string of the molecule is CC(N=C(N)c1ccccc1)C(=O)NC(C)(C)C. The van der Waals surface area contributed by atoms with Gasteiger partial charge in [-0.05, 0) is 27.7 Å². The molecule has 0 aliphatic carbocycles. The van der Waals surface area contributed by atoms with Crippen LogP contribution in [0.1, 0.15) is 33.3 Å². The molecule has 4 nitrogen and oxygen atoms in total. The van der Waals surface area contributed by atoms with Gasteiger partial charge in [-0.15, -0.1) is 0 Å². The summed E-state index contributed by atoms with van der Waals surface area (Å²) in [6.07, 6.45) is 0. The summed E-state index contributed by atoms with van der Waals surface area (Å²) in [4.78, 5) is 16.1. The van der Waals surface area contributed by atoms with E-state index in [9.17, 15) is 4.79 Å². The van der Waals surface area contributed by atoms with Gasteiger partial charge in [0.25, 0.3) is 0 Å². The molecule has 0 aromatic heterocycles. The van der Waals surface area contributed by atoms with Crippen LogP contribution in [-0.2, 0) is 4.79 Å². The van der Waals surface area contributed by atoms with Crippen molar-refractivity contribution in [1.29, 1.82) is 0 Å². The Hall–Kier alpha value is -1.84. The minimum absolute atomic E-state index is 0.124. The highest BCUT2D eigenvalue weighted by atomic mass is 16.2. The fourth-order valence-corrected chi connectivity index (χ4v) is 1.42. The molecule has 0 heterocycles. The summed E-state index contributed by atoms with van der Waals surface area (Å²) in [7, 11) is 0. The molecular weight excluding hydrogens is 226 g/mol. The van der Waals surface area contributed by atoms with Gasteiger partial charge < -0.3 is 11.1 Å². The van der Waals surface area contributed by atoms with Gasteiger partial charge in [-0.25, -0.2) is 0 Å². The van der Waals surface area contributed by atoms with Gasteiger partial charge in [-0.1, -0.05) is 30.3 Å². The Morgan fingerprint density at radius 3 is 2.33 bits per heavy atom. The van der Waals surface area contributed by atoms with Crippen molar-refractivity contribution in [3.8, 4) is 0 Å². The number of rotatable bonds is 3. The van der Waals surface area contributed by atoms with Crippen LogP contribution in [-0.4, -0.2) is 23.3 Å². The molecule has 98 valence electrons. The summed E-state index contributed by atoms with van der Waals surface area (Å²) in [6.45, 7) is 7.53. The predicted octanol–water partition coefficient (Wildman–Crippen LogP) is 1.70. The number of hydrogen-bond donors (Lipinski definition) is 2. The summed E-state index contributed by atoms with van der Waals surface area (Å²) in [5.41, 5.74) is 6.43. The number of carbonyl (C=O) groups excluding carboxylic acids is 1. The average Bonchev–Trinajstić information content (AvgIpc) is 2.27. The number of hydrogen-bond acceptors (Lipinski definition) is 2. The Balaban J connectivity index is 2.74. The summed E-state index contributed by atoms with van der Waals surface area (Å²) in [5.74, 6) is 0.258. The van der Waals surface area contributed by atoms with Crippen molar-refractivity contribution in [2.45, 2.75) is 39.3 Å². The maximum atomic E-state index is 11.9. The fraction of sp³-hybridized carbons (Fsp3) is 0.429. The number of carbonyl (C=O) groups is 1. The van der Waals surface area contributed by atoms with Crippen LogP contribution in [0.15, 0.2) is 35.3 Å². The lowest BCUT2D eigenvalue weighted by atomic mass is 10.1. The third-order valence-corrected chi connectivity index (χ3v) is 2.28. The highest BCUT2D eigenvalue weighted by Gasteiger charge is 2.18. The molecule has 0 fully saturated rings. The quantitative estimate of drug-likeness (QED) is 0.630. The molecule has 0 aliphatic rings. The second-order valence-electron chi connectivity index (χ2n) is 5.30. The summed E-state index contributed by atoms with van der Waals surface area (Å²) in [6, 6.07) is 8.92. The Kier molecular flexibility index (Phi) is 4.48. The Labute approximate surface area is 108 Å². The molecular formula is C14H21N3O. The van der Waals surface area contributed by atoms with E-state index in [1.165, 1.54) is 0 Å². The van der Waals surface area contributed by atoms with E-state index >= 15 is 0 Å². The number of nitrogens with one attached hydrogen (secondary N) is 1. The topological polar surface area (TPSA) is 67.5 Å². The van der Waals surface area contributed by atoms with E-state index in [4.69, 9.17) is 5.73 Å². The first kappa shape index (κ1) is 14.2. The van der Waals surface area contributed by atoms with Gasteiger partial charge >= 0.3 is 0 Å². The van der Waals surface area contributed by atoms with Crippen LogP contribution in [0, 0.1) is 0 Å². The monoisotopic (exact) mass is 247 g/mol. The largest absolute Gasteiger partial charge is 0.383 e. The van der Waals surface area contributed by atoms with E-state index in [-0.39, 0.29) is 11.4 Å². The zero-order chi connectivity index (χ0) is 13.8. The van der Waals surface area contributed by atoms with Crippen molar-refractivity contribution in [3.05, 3.63) is 35.9 Å². The van der Waals surface area contributed by atoms with Crippen molar-refractivity contribution in [2.75, 3.05) is 0 Å². The van der Waals surface area contributed by atoms with Crippen molar-refractivity contribution < 1.29 is 4.79 Å². The van der Waals surface area contributed by atoms with E-state index in [1.54, 1.807) is 6.92 Å². The maximum Gasteiger partial charge on any atom is 0.244 e. The van der Waals surface area contributed by atoms with Gasteiger partial charge in [-0.3, -0.25) is 9.79 Å². The zero-order valence-electron chi connectivity index (χ0n) is 11.4. The second kappa shape index (κ2) is 5.67. The van der Waals surface area contributed by atoms with E-state index in [0.717, 1.165) is 5.56 Å². The van der Waals surface area contributed by atoms with E-state index in [2.05, 4.69) is 10.3 Å². The lowest BCUT2D eigenvalue weighted by Crippen LogP contribution is -2.45. The Bertz CT molecular complexity index is 432. The molecule has 1 aromatic rings. The van der Waals surface area contributed by atoms with Gasteiger partial charge in [0.1, 0.15) is 11.9 Å². The minimum atomic E-state index is -0.496. The van der Waals surface area contributed by atoms with E-state index in [1.807, 2.05) is 51.1 Å². The van der Waals surface area contributed by atoms with Gasteiger partial charge in [0.15, 0.2) is 0 Å². The third kappa shape index (κ3) is 4.57. The van der Waals surface area contributed by atoms with Gasteiger partial charge in [0.2, 0.25) is 5.91 Å². The first-order chi connectivity index (χ1) is 8.29. The smallest absolute Gasteiger partial charge is 0.244 e. The van der Waals surface area contributed by atoms with Crippen LogP contribution in [0.25, 0.3) is 0 Å². The Morgan fingerprint density at radius 1 is 1.28 bits per heavy atom. The second-order valence-corrected chi connectivity index (χ2v) is 5.30. The number of nitrogens with two attached hydrogens (primary N) is 1. The molecule has 1 amide bonds. The molecule has 18 heavy (non-hydrogen) atoms. The van der Waals surface area contributed by atoms with Crippen LogP contribution in [0.4, 0.5) is 0 Å². The van der Waals surface area contributed by atoms with E-state index in [0.29, 0.717) is 5.84 Å². The van der Waals surface area contributed by atoms with Gasteiger partial charge in [0, 0.05) is 11.1 Å². The van der Waals surface area contributed by atoms with Crippen LogP contribution in [0.3, 0.4) is 0 Å². The molecule has 1 aromatic carbocycles. The number of aliphatic imine (C=N–C) groups is 1. The molecule has 0 saturated heterocycles. The van der Waals surface area contributed by atoms with Crippen LogP contribution < -0.4 is 11.1 Å². The average molecular weight is 247 g/mol. The molecule has 0 spiro atoms. The molecule has 0 bridgehead atoms. The number of nitrogens with zero attached hydrogens (tertiary/aromatic N) is 1. The van der Waals surface area contributed by atoms with Crippen molar-refractivity contribution in [2.24, 2.45) is 10.7 Å². The molecule has 0 aliphatic heterocycles. The number of amidine groups is 1. The highest BCUT2D eigenvalue weighted by Crippen LogP contribution is 2.03. The van der Waals surface area contributed by atoms with Crippen LogP contribution in [0.5, 0.6) is 0 Å². The van der Waals surface area contributed by atoms with Crippen LogP contribution in [0.2, 0.25) is 0 Å². The molecule has 4 heteroatoms. The maximum absolute atomic E-state index is 11.9. The zero-order valence-corrected chi connectivity index (χ0v) is 11.4. The van der Waals surface area contributed by atoms with Crippen molar-refractivity contribution >= 4 is 11.7 Å². The van der Waals surface area contributed by atoms with Gasteiger partial charge in [-0.2, -0.15) is 0 Å². The highest BCUT2D eigenvalue weighted by molar-refractivity contribution is 5.99. The summed E-state index contributed by atoms with van der Waals surface area (Å²) in [5, 5.41) is 2.87. The first-order valence-corrected chi connectivity index (χ1v) is 6.00. The summed E-state index contributed by atoms with van der Waals surface area (Å²) >= 11 is 0. The van der Waals surface area contributed by atoms with Crippen molar-refractivity contribution in [1.82, 2.24) is 5.32 Å². The van der Waals surface area contributed by atoms with Gasteiger partial charge in [0.05, 0.1) is 0 Å². The molecule has 1 rings (SSSR count). The lowest BCUT2D eigenvalue weighted by Gasteiger charge is -2.22. The number of amides is 1. The molecule has 0 saturated carbocycles. The Morgan fingerprint density at radius 2 is 1.83 bits per heavy atom. The first-order valence-electron chi connectivity index (χ1n) is 6.00. The summed E-state index contributed by atoms with van der Waals surface area (Å²) < 4.78 is 0.